The summed E-state index contributed by atoms with van der Waals surface area (Å²) in [6.45, 7) is 0. The van der Waals surface area contributed by atoms with E-state index in [-0.39, 0.29) is 11.8 Å². The van der Waals surface area contributed by atoms with Crippen LogP contribution >= 0.6 is 0 Å². The standard InChI is InChI=1S/C9H5F5O2/c10-6-1-5(4-15)2-7(3-6)16-9(13,14)8(11)12/h1-4,8H. The van der Waals surface area contributed by atoms with E-state index in [4.69, 9.17) is 0 Å². The minimum absolute atomic E-state index is 0.177. The molecule has 0 amide bonds. The summed E-state index contributed by atoms with van der Waals surface area (Å²) in [7, 11) is 0. The Morgan fingerprint density at radius 2 is 1.88 bits per heavy atom. The van der Waals surface area contributed by atoms with Gasteiger partial charge in [0.1, 0.15) is 17.9 Å². The van der Waals surface area contributed by atoms with Gasteiger partial charge in [-0.15, -0.1) is 0 Å². The second kappa shape index (κ2) is 4.46. The maximum absolute atomic E-state index is 12.7. The molecule has 0 unspecified atom stereocenters. The monoisotopic (exact) mass is 240 g/mol. The molecule has 0 N–H and O–H groups in total. The first-order valence-corrected chi connectivity index (χ1v) is 3.96. The predicted molar refractivity (Wildman–Crippen MR) is 43.4 cm³/mol. The first-order chi connectivity index (χ1) is 7.35. The predicted octanol–water partition coefficient (Wildman–Crippen LogP) is 2.87. The number of halogens is 5. The second-order valence-electron chi connectivity index (χ2n) is 2.80. The van der Waals surface area contributed by atoms with Crippen molar-refractivity contribution in [1.82, 2.24) is 0 Å². The average molecular weight is 240 g/mol. The minimum atomic E-state index is -4.73. The minimum Gasteiger partial charge on any atom is -0.428 e. The number of alkyl halides is 4. The number of ether oxygens (including phenoxy) is 1. The van der Waals surface area contributed by atoms with Crippen LogP contribution in [-0.2, 0) is 0 Å². The number of aldehydes is 1. The fraction of sp³-hybridized carbons (Fsp3) is 0.222. The first-order valence-electron chi connectivity index (χ1n) is 3.96. The highest BCUT2D eigenvalue weighted by atomic mass is 19.3. The number of carbonyl (C=O) groups is 1. The van der Waals surface area contributed by atoms with E-state index in [2.05, 4.69) is 4.74 Å². The van der Waals surface area contributed by atoms with Crippen LogP contribution < -0.4 is 4.74 Å². The number of hydrogen-bond acceptors (Lipinski definition) is 2. The summed E-state index contributed by atoms with van der Waals surface area (Å²) in [5.74, 6) is -1.88. The molecular formula is C9H5F5O2. The van der Waals surface area contributed by atoms with Gasteiger partial charge in [0.05, 0.1) is 0 Å². The molecule has 0 atom stereocenters. The van der Waals surface area contributed by atoms with Crippen molar-refractivity contribution in [3.63, 3.8) is 0 Å². The molecule has 7 heteroatoms. The molecule has 0 saturated carbocycles. The molecule has 0 radical (unpaired) electrons. The molecule has 0 aliphatic rings. The van der Waals surface area contributed by atoms with Crippen LogP contribution in [0.2, 0.25) is 0 Å². The van der Waals surface area contributed by atoms with Crippen LogP contribution in [0, 0.1) is 5.82 Å². The van der Waals surface area contributed by atoms with Crippen molar-refractivity contribution >= 4 is 6.29 Å². The van der Waals surface area contributed by atoms with Gasteiger partial charge in [-0.2, -0.15) is 17.6 Å². The van der Waals surface area contributed by atoms with Gasteiger partial charge in [0.25, 0.3) is 0 Å². The van der Waals surface area contributed by atoms with Gasteiger partial charge < -0.3 is 4.74 Å². The summed E-state index contributed by atoms with van der Waals surface area (Å²) in [6, 6.07) is 1.95. The molecule has 0 aliphatic heterocycles. The van der Waals surface area contributed by atoms with Gasteiger partial charge in [-0.25, -0.2) is 4.39 Å². The molecule has 1 aromatic carbocycles. The van der Waals surface area contributed by atoms with Gasteiger partial charge in [-0.3, -0.25) is 4.79 Å². The number of benzene rings is 1. The molecule has 0 bridgehead atoms. The van der Waals surface area contributed by atoms with E-state index < -0.39 is 24.1 Å². The third-order valence-electron chi connectivity index (χ3n) is 1.54. The Labute approximate surface area is 86.6 Å². The van der Waals surface area contributed by atoms with Crippen molar-refractivity contribution in [3.05, 3.63) is 29.6 Å². The molecule has 0 aromatic heterocycles. The van der Waals surface area contributed by atoms with Gasteiger partial charge in [-0.05, 0) is 12.1 Å². The maximum atomic E-state index is 12.7. The molecule has 88 valence electrons. The largest absolute Gasteiger partial charge is 0.461 e. The van der Waals surface area contributed by atoms with Crippen molar-refractivity contribution in [3.8, 4) is 5.75 Å². The van der Waals surface area contributed by atoms with Crippen molar-refractivity contribution < 1.29 is 31.5 Å². The first kappa shape index (κ1) is 12.4. The molecule has 1 aromatic rings. The van der Waals surface area contributed by atoms with E-state index in [1.54, 1.807) is 0 Å². The molecule has 0 fully saturated rings. The zero-order valence-electron chi connectivity index (χ0n) is 7.59. The summed E-state index contributed by atoms with van der Waals surface area (Å²) in [6.07, 6.45) is -8.60. The topological polar surface area (TPSA) is 26.3 Å². The van der Waals surface area contributed by atoms with Gasteiger partial charge >= 0.3 is 12.5 Å². The van der Waals surface area contributed by atoms with E-state index >= 15 is 0 Å². The van der Waals surface area contributed by atoms with Gasteiger partial charge in [-0.1, -0.05) is 0 Å². The second-order valence-corrected chi connectivity index (χ2v) is 2.80. The normalized spacial score (nSPS) is 11.6. The fourth-order valence-electron chi connectivity index (χ4n) is 0.913. The Balaban J connectivity index is 2.97. The van der Waals surface area contributed by atoms with Gasteiger partial charge in [0.15, 0.2) is 0 Å². The number of rotatable bonds is 4. The SMILES string of the molecule is O=Cc1cc(F)cc(OC(F)(F)C(F)F)c1. The number of hydrogen-bond donors (Lipinski definition) is 0. The summed E-state index contributed by atoms with van der Waals surface area (Å²) < 4.78 is 64.6. The van der Waals surface area contributed by atoms with Gasteiger partial charge in [0.2, 0.25) is 0 Å². The molecule has 1 rings (SSSR count). The molecule has 0 aliphatic carbocycles. The van der Waals surface area contributed by atoms with Crippen LogP contribution in [0.3, 0.4) is 0 Å². The van der Waals surface area contributed by atoms with Crippen LogP contribution in [0.4, 0.5) is 22.0 Å². The lowest BCUT2D eigenvalue weighted by Crippen LogP contribution is -2.33. The maximum Gasteiger partial charge on any atom is 0.461 e. The highest BCUT2D eigenvalue weighted by Crippen LogP contribution is 2.28. The summed E-state index contributed by atoms with van der Waals surface area (Å²) in [5.41, 5.74) is -0.292. The third-order valence-corrected chi connectivity index (χ3v) is 1.54. The highest BCUT2D eigenvalue weighted by molar-refractivity contribution is 5.75. The van der Waals surface area contributed by atoms with Crippen LogP contribution in [0.15, 0.2) is 18.2 Å². The molecule has 2 nitrogen and oxygen atoms in total. The zero-order chi connectivity index (χ0) is 12.3. The highest BCUT2D eigenvalue weighted by Gasteiger charge is 2.44. The van der Waals surface area contributed by atoms with Crippen molar-refractivity contribution in [1.29, 1.82) is 0 Å². The lowest BCUT2D eigenvalue weighted by Gasteiger charge is -2.16. The Hall–Kier alpha value is -1.66. The lowest BCUT2D eigenvalue weighted by molar-refractivity contribution is -0.253. The van der Waals surface area contributed by atoms with E-state index in [0.717, 1.165) is 12.1 Å². The van der Waals surface area contributed by atoms with E-state index in [9.17, 15) is 26.7 Å². The van der Waals surface area contributed by atoms with Crippen molar-refractivity contribution in [2.75, 3.05) is 0 Å². The molecule has 0 spiro atoms. The van der Waals surface area contributed by atoms with Crippen LogP contribution in [0.25, 0.3) is 0 Å². The van der Waals surface area contributed by atoms with Crippen molar-refractivity contribution in [2.45, 2.75) is 12.5 Å². The van der Waals surface area contributed by atoms with Crippen molar-refractivity contribution in [2.24, 2.45) is 0 Å². The smallest absolute Gasteiger partial charge is 0.428 e. The number of carbonyl (C=O) groups excluding carboxylic acids is 1. The Bertz CT molecular complexity index is 391. The quantitative estimate of drug-likeness (QED) is 0.597. The molecule has 0 heterocycles. The Morgan fingerprint density at radius 1 is 1.25 bits per heavy atom. The van der Waals surface area contributed by atoms with Crippen LogP contribution in [0.1, 0.15) is 10.4 Å². The lowest BCUT2D eigenvalue weighted by atomic mass is 10.2. The van der Waals surface area contributed by atoms with E-state index in [0.29, 0.717) is 6.07 Å². The molecular weight excluding hydrogens is 235 g/mol. The molecule has 0 saturated heterocycles. The summed E-state index contributed by atoms with van der Waals surface area (Å²) >= 11 is 0. The van der Waals surface area contributed by atoms with Crippen LogP contribution in [-0.4, -0.2) is 18.8 Å². The van der Waals surface area contributed by atoms with Gasteiger partial charge in [0, 0.05) is 11.6 Å². The summed E-state index contributed by atoms with van der Waals surface area (Å²) in [5, 5.41) is 0. The fourth-order valence-corrected chi connectivity index (χ4v) is 0.913. The average Bonchev–Trinajstić information content (AvgIpc) is 2.15. The molecule has 16 heavy (non-hydrogen) atoms. The summed E-state index contributed by atoms with van der Waals surface area (Å²) in [4.78, 5) is 10.3. The zero-order valence-corrected chi connectivity index (χ0v) is 7.59. The third kappa shape index (κ3) is 2.91. The Kier molecular flexibility index (Phi) is 3.46. The van der Waals surface area contributed by atoms with Crippen LogP contribution in [0.5, 0.6) is 5.75 Å². The Morgan fingerprint density at radius 3 is 2.38 bits per heavy atom. The van der Waals surface area contributed by atoms with E-state index in [1.807, 2.05) is 0 Å². The van der Waals surface area contributed by atoms with E-state index in [1.165, 1.54) is 0 Å².